The predicted molar refractivity (Wildman–Crippen MR) is 76.7 cm³/mol. The van der Waals surface area contributed by atoms with Gasteiger partial charge in [0.1, 0.15) is 5.82 Å². The topological polar surface area (TPSA) is 21.5 Å². The van der Waals surface area contributed by atoms with Crippen molar-refractivity contribution in [2.24, 2.45) is 0 Å². The number of aromatic nitrogens is 1. The van der Waals surface area contributed by atoms with Gasteiger partial charge in [-0.25, -0.2) is 4.39 Å². The number of carbonyl (C=O) groups excluding carboxylic acids is 1. The Morgan fingerprint density at radius 3 is 2.40 bits per heavy atom. The average Bonchev–Trinajstić information content (AvgIpc) is 2.72. The molecule has 0 spiro atoms. The molecule has 0 aliphatic heterocycles. The summed E-state index contributed by atoms with van der Waals surface area (Å²) in [6.45, 7) is 3.95. The zero-order chi connectivity index (χ0) is 14.3. The fraction of sp³-hybridized carbons (Fsp3) is 0.118. The lowest BCUT2D eigenvalue weighted by Gasteiger charge is -2.04. The maximum Gasteiger partial charge on any atom is 0.210 e. The minimum Gasteiger partial charge on any atom is -0.313 e. The lowest BCUT2D eigenvalue weighted by Crippen LogP contribution is -2.06. The summed E-state index contributed by atoms with van der Waals surface area (Å²) < 4.78 is 14.9. The van der Waals surface area contributed by atoms with Gasteiger partial charge in [-0.15, -0.1) is 0 Å². The van der Waals surface area contributed by atoms with E-state index in [1.807, 2.05) is 42.6 Å². The minimum absolute atomic E-state index is 0.0863. The lowest BCUT2D eigenvalue weighted by atomic mass is 10.0. The summed E-state index contributed by atoms with van der Waals surface area (Å²) in [5.74, 6) is -0.425. The number of rotatable bonds is 2. The maximum absolute atomic E-state index is 13.0. The normalized spacial score (nSPS) is 10.9. The zero-order valence-electron chi connectivity index (χ0n) is 11.4. The first-order chi connectivity index (χ1) is 9.59. The molecule has 0 bridgehead atoms. The Labute approximate surface area is 116 Å². The molecule has 3 heteroatoms. The second-order valence-electron chi connectivity index (χ2n) is 4.89. The number of aryl methyl sites for hydroxylation is 1. The molecule has 0 fully saturated rings. The zero-order valence-corrected chi connectivity index (χ0v) is 11.4. The molecule has 0 unspecified atom stereocenters. The first kappa shape index (κ1) is 12.6. The lowest BCUT2D eigenvalue weighted by molar-refractivity contribution is 0.103. The SMILES string of the molecule is Cc1c(C)c2ccccn2c1C(=O)c1ccc(F)cc1. The van der Waals surface area contributed by atoms with Crippen LogP contribution in [0.2, 0.25) is 0 Å². The summed E-state index contributed by atoms with van der Waals surface area (Å²) in [5, 5.41) is 0. The molecular formula is C17H14FNO. The van der Waals surface area contributed by atoms with E-state index < -0.39 is 0 Å². The van der Waals surface area contributed by atoms with Crippen LogP contribution < -0.4 is 0 Å². The third kappa shape index (κ3) is 1.83. The summed E-state index contributed by atoms with van der Waals surface area (Å²) in [4.78, 5) is 12.7. The third-order valence-electron chi connectivity index (χ3n) is 3.72. The highest BCUT2D eigenvalue weighted by Gasteiger charge is 2.19. The van der Waals surface area contributed by atoms with Crippen LogP contribution in [0.25, 0.3) is 5.52 Å². The van der Waals surface area contributed by atoms with Crippen LogP contribution >= 0.6 is 0 Å². The van der Waals surface area contributed by atoms with Crippen molar-refractivity contribution >= 4 is 11.3 Å². The molecule has 0 amide bonds. The molecular weight excluding hydrogens is 253 g/mol. The van der Waals surface area contributed by atoms with Crippen LogP contribution in [0.5, 0.6) is 0 Å². The minimum atomic E-state index is -0.338. The van der Waals surface area contributed by atoms with Crippen LogP contribution in [0.1, 0.15) is 27.2 Å². The molecule has 0 saturated carbocycles. The van der Waals surface area contributed by atoms with Gasteiger partial charge in [0, 0.05) is 17.3 Å². The molecule has 0 radical (unpaired) electrons. The van der Waals surface area contributed by atoms with E-state index in [0.29, 0.717) is 11.3 Å². The predicted octanol–water partition coefficient (Wildman–Crippen LogP) is 3.93. The Kier molecular flexibility index (Phi) is 2.90. The standard InChI is InChI=1S/C17H14FNO/c1-11-12(2)16(19-10-4-3-5-15(11)19)17(20)13-6-8-14(18)9-7-13/h3-10H,1-2H3. The average molecular weight is 267 g/mol. The highest BCUT2D eigenvalue weighted by atomic mass is 19.1. The van der Waals surface area contributed by atoms with Crippen LogP contribution in [-0.2, 0) is 0 Å². The van der Waals surface area contributed by atoms with Crippen LogP contribution in [-0.4, -0.2) is 10.2 Å². The fourth-order valence-electron chi connectivity index (χ4n) is 2.51. The molecule has 2 aromatic heterocycles. The van der Waals surface area contributed by atoms with E-state index in [4.69, 9.17) is 0 Å². The van der Waals surface area contributed by atoms with Crippen LogP contribution in [0, 0.1) is 19.7 Å². The molecule has 100 valence electrons. The molecule has 0 saturated heterocycles. The van der Waals surface area contributed by atoms with Gasteiger partial charge in [0.2, 0.25) is 5.78 Å². The van der Waals surface area contributed by atoms with E-state index >= 15 is 0 Å². The summed E-state index contributed by atoms with van der Waals surface area (Å²) in [5.41, 5.74) is 4.22. The number of hydrogen-bond acceptors (Lipinski definition) is 1. The van der Waals surface area contributed by atoms with Crippen LogP contribution in [0.3, 0.4) is 0 Å². The molecule has 0 atom stereocenters. The molecule has 2 heterocycles. The van der Waals surface area contributed by atoms with Crippen molar-refractivity contribution < 1.29 is 9.18 Å². The number of fused-ring (bicyclic) bond motifs is 1. The van der Waals surface area contributed by atoms with Crippen molar-refractivity contribution in [1.29, 1.82) is 0 Å². The van der Waals surface area contributed by atoms with Crippen molar-refractivity contribution in [3.05, 3.63) is 76.9 Å². The summed E-state index contributed by atoms with van der Waals surface area (Å²) >= 11 is 0. The highest BCUT2D eigenvalue weighted by Crippen LogP contribution is 2.24. The number of pyridine rings is 1. The van der Waals surface area contributed by atoms with Gasteiger partial charge in [-0.1, -0.05) is 6.07 Å². The second-order valence-corrected chi connectivity index (χ2v) is 4.89. The Bertz CT molecular complexity index is 800. The number of carbonyl (C=O) groups is 1. The van der Waals surface area contributed by atoms with Gasteiger partial charge in [-0.3, -0.25) is 4.79 Å². The molecule has 20 heavy (non-hydrogen) atoms. The van der Waals surface area contributed by atoms with Gasteiger partial charge in [-0.05, 0) is 61.4 Å². The second kappa shape index (κ2) is 4.60. The van der Waals surface area contributed by atoms with Gasteiger partial charge in [0.25, 0.3) is 0 Å². The van der Waals surface area contributed by atoms with E-state index in [-0.39, 0.29) is 11.6 Å². The number of ketones is 1. The molecule has 0 aliphatic carbocycles. The van der Waals surface area contributed by atoms with Gasteiger partial charge >= 0.3 is 0 Å². The van der Waals surface area contributed by atoms with E-state index in [0.717, 1.165) is 16.6 Å². The van der Waals surface area contributed by atoms with Crippen molar-refractivity contribution in [1.82, 2.24) is 4.40 Å². The van der Waals surface area contributed by atoms with Gasteiger partial charge in [0.05, 0.1) is 5.69 Å². The highest BCUT2D eigenvalue weighted by molar-refractivity contribution is 6.10. The molecule has 1 aromatic carbocycles. The van der Waals surface area contributed by atoms with Crippen molar-refractivity contribution in [3.63, 3.8) is 0 Å². The van der Waals surface area contributed by atoms with Crippen molar-refractivity contribution in [3.8, 4) is 0 Å². The largest absolute Gasteiger partial charge is 0.313 e. The smallest absolute Gasteiger partial charge is 0.210 e. The Balaban J connectivity index is 2.22. The first-order valence-electron chi connectivity index (χ1n) is 6.46. The van der Waals surface area contributed by atoms with E-state index in [1.165, 1.54) is 24.3 Å². The monoisotopic (exact) mass is 267 g/mol. The number of hydrogen-bond donors (Lipinski definition) is 0. The summed E-state index contributed by atoms with van der Waals surface area (Å²) in [6, 6.07) is 11.5. The Morgan fingerprint density at radius 1 is 1.00 bits per heavy atom. The van der Waals surface area contributed by atoms with Gasteiger partial charge < -0.3 is 4.40 Å². The van der Waals surface area contributed by atoms with Gasteiger partial charge in [-0.2, -0.15) is 0 Å². The maximum atomic E-state index is 13.0. The summed E-state index contributed by atoms with van der Waals surface area (Å²) in [7, 11) is 0. The van der Waals surface area contributed by atoms with Gasteiger partial charge in [0.15, 0.2) is 0 Å². The third-order valence-corrected chi connectivity index (χ3v) is 3.72. The molecule has 0 aliphatic rings. The Morgan fingerprint density at radius 2 is 1.70 bits per heavy atom. The van der Waals surface area contributed by atoms with E-state index in [9.17, 15) is 9.18 Å². The molecule has 2 nitrogen and oxygen atoms in total. The number of nitrogens with zero attached hydrogens (tertiary/aromatic N) is 1. The Hall–Kier alpha value is -2.42. The summed E-state index contributed by atoms with van der Waals surface area (Å²) in [6.07, 6.45) is 1.88. The molecule has 0 N–H and O–H groups in total. The first-order valence-corrected chi connectivity index (χ1v) is 6.46. The fourth-order valence-corrected chi connectivity index (χ4v) is 2.51. The number of benzene rings is 1. The van der Waals surface area contributed by atoms with E-state index in [2.05, 4.69) is 0 Å². The number of halogens is 1. The molecule has 3 aromatic rings. The van der Waals surface area contributed by atoms with Crippen molar-refractivity contribution in [2.45, 2.75) is 13.8 Å². The van der Waals surface area contributed by atoms with Crippen LogP contribution in [0.15, 0.2) is 48.7 Å². The van der Waals surface area contributed by atoms with Crippen LogP contribution in [0.4, 0.5) is 4.39 Å². The quantitative estimate of drug-likeness (QED) is 0.645. The van der Waals surface area contributed by atoms with E-state index in [1.54, 1.807) is 0 Å². The van der Waals surface area contributed by atoms with Crippen molar-refractivity contribution in [2.75, 3.05) is 0 Å². The molecule has 3 rings (SSSR count).